The third-order valence-electron chi connectivity index (χ3n) is 3.69. The van der Waals surface area contributed by atoms with Crippen LogP contribution in [-0.2, 0) is 6.42 Å². The predicted octanol–water partition coefficient (Wildman–Crippen LogP) is 4.30. The van der Waals surface area contributed by atoms with E-state index in [1.807, 2.05) is 24.3 Å². The summed E-state index contributed by atoms with van der Waals surface area (Å²) in [5, 5.41) is 0. The molecule has 2 nitrogen and oxygen atoms in total. The monoisotopic (exact) mass is 298 g/mol. The SMILES string of the molecule is Cc1ccccc1SCC(=O)c1cccc2c1OCCC2. The van der Waals surface area contributed by atoms with Crippen molar-refractivity contribution in [1.82, 2.24) is 0 Å². The lowest BCUT2D eigenvalue weighted by Gasteiger charge is -2.19. The first-order valence-electron chi connectivity index (χ1n) is 7.22. The fourth-order valence-corrected chi connectivity index (χ4v) is 3.46. The van der Waals surface area contributed by atoms with Gasteiger partial charge in [-0.2, -0.15) is 0 Å². The van der Waals surface area contributed by atoms with Crippen molar-refractivity contribution >= 4 is 17.5 Å². The van der Waals surface area contributed by atoms with Crippen molar-refractivity contribution in [3.05, 3.63) is 59.2 Å². The average molecular weight is 298 g/mol. The number of hydrogen-bond acceptors (Lipinski definition) is 3. The number of fused-ring (bicyclic) bond motifs is 1. The summed E-state index contributed by atoms with van der Waals surface area (Å²) in [6, 6.07) is 14.0. The van der Waals surface area contributed by atoms with Gasteiger partial charge in [-0.25, -0.2) is 0 Å². The van der Waals surface area contributed by atoms with E-state index in [1.54, 1.807) is 11.8 Å². The number of rotatable bonds is 4. The van der Waals surface area contributed by atoms with Crippen LogP contribution in [0.2, 0.25) is 0 Å². The molecule has 0 aliphatic carbocycles. The molecule has 1 aliphatic rings. The molecule has 1 aliphatic heterocycles. The molecule has 0 aromatic heterocycles. The Labute approximate surface area is 129 Å². The van der Waals surface area contributed by atoms with Crippen molar-refractivity contribution < 1.29 is 9.53 Å². The molecule has 2 aromatic carbocycles. The van der Waals surface area contributed by atoms with Gasteiger partial charge in [0, 0.05) is 4.90 Å². The van der Waals surface area contributed by atoms with Crippen molar-refractivity contribution in [2.24, 2.45) is 0 Å². The van der Waals surface area contributed by atoms with E-state index in [4.69, 9.17) is 4.74 Å². The normalized spacial score (nSPS) is 13.4. The lowest BCUT2D eigenvalue weighted by Crippen LogP contribution is -2.13. The van der Waals surface area contributed by atoms with Gasteiger partial charge in [0.25, 0.3) is 0 Å². The predicted molar refractivity (Wildman–Crippen MR) is 86.5 cm³/mol. The van der Waals surface area contributed by atoms with E-state index in [0.29, 0.717) is 12.4 Å². The molecule has 2 aromatic rings. The first-order valence-corrected chi connectivity index (χ1v) is 8.20. The summed E-state index contributed by atoms with van der Waals surface area (Å²) in [6.45, 7) is 2.78. The Morgan fingerprint density at radius 3 is 2.90 bits per heavy atom. The molecule has 21 heavy (non-hydrogen) atoms. The topological polar surface area (TPSA) is 26.3 Å². The number of aryl methyl sites for hydroxylation is 2. The number of Topliss-reactive ketones (excluding diaryl/α,β-unsaturated/α-hetero) is 1. The molecular weight excluding hydrogens is 280 g/mol. The molecule has 3 rings (SSSR count). The fraction of sp³-hybridized carbons (Fsp3) is 0.278. The maximum absolute atomic E-state index is 12.5. The maximum atomic E-state index is 12.5. The number of ketones is 1. The van der Waals surface area contributed by atoms with Crippen LogP contribution in [0.5, 0.6) is 5.75 Å². The Morgan fingerprint density at radius 2 is 2.05 bits per heavy atom. The minimum absolute atomic E-state index is 0.141. The van der Waals surface area contributed by atoms with E-state index in [9.17, 15) is 4.79 Å². The molecule has 0 spiro atoms. The molecule has 0 amide bonds. The largest absolute Gasteiger partial charge is 0.493 e. The number of ether oxygens (including phenoxy) is 1. The van der Waals surface area contributed by atoms with E-state index in [-0.39, 0.29) is 5.78 Å². The highest BCUT2D eigenvalue weighted by Crippen LogP contribution is 2.31. The van der Waals surface area contributed by atoms with E-state index in [1.165, 1.54) is 5.56 Å². The minimum atomic E-state index is 0.141. The Kier molecular flexibility index (Phi) is 4.30. The third-order valence-corrected chi connectivity index (χ3v) is 4.86. The fourth-order valence-electron chi connectivity index (χ4n) is 2.55. The molecule has 0 atom stereocenters. The van der Waals surface area contributed by atoms with Crippen LogP contribution in [0.25, 0.3) is 0 Å². The molecule has 3 heteroatoms. The Morgan fingerprint density at radius 1 is 1.19 bits per heavy atom. The maximum Gasteiger partial charge on any atom is 0.176 e. The van der Waals surface area contributed by atoms with E-state index in [0.717, 1.165) is 34.6 Å². The molecule has 0 saturated carbocycles. The highest BCUT2D eigenvalue weighted by atomic mass is 32.2. The van der Waals surface area contributed by atoms with Gasteiger partial charge >= 0.3 is 0 Å². The summed E-state index contributed by atoms with van der Waals surface area (Å²) in [5.74, 6) is 1.39. The average Bonchev–Trinajstić information content (AvgIpc) is 2.53. The van der Waals surface area contributed by atoms with E-state index >= 15 is 0 Å². The molecule has 1 heterocycles. The zero-order chi connectivity index (χ0) is 14.7. The van der Waals surface area contributed by atoms with Crippen LogP contribution in [0, 0.1) is 6.92 Å². The molecule has 0 saturated heterocycles. The van der Waals surface area contributed by atoms with E-state index < -0.39 is 0 Å². The van der Waals surface area contributed by atoms with Crippen LogP contribution in [0.15, 0.2) is 47.4 Å². The second kappa shape index (κ2) is 6.35. The quantitative estimate of drug-likeness (QED) is 0.622. The summed E-state index contributed by atoms with van der Waals surface area (Å²) in [7, 11) is 0. The Bertz CT molecular complexity index is 664. The van der Waals surface area contributed by atoms with Gasteiger partial charge in [-0.3, -0.25) is 4.79 Å². The molecule has 108 valence electrons. The number of benzene rings is 2. The first-order chi connectivity index (χ1) is 10.3. The second-order valence-electron chi connectivity index (χ2n) is 5.22. The summed E-state index contributed by atoms with van der Waals surface area (Å²) < 4.78 is 5.72. The van der Waals surface area contributed by atoms with Crippen molar-refractivity contribution in [3.63, 3.8) is 0 Å². The van der Waals surface area contributed by atoms with Crippen LogP contribution in [0.4, 0.5) is 0 Å². The molecule has 0 fully saturated rings. The third kappa shape index (κ3) is 3.13. The summed E-state index contributed by atoms with van der Waals surface area (Å²) >= 11 is 1.60. The molecule has 0 radical (unpaired) electrons. The van der Waals surface area contributed by atoms with Crippen molar-refractivity contribution in [3.8, 4) is 5.75 Å². The second-order valence-corrected chi connectivity index (χ2v) is 6.24. The molecule has 0 bridgehead atoms. The summed E-state index contributed by atoms with van der Waals surface area (Å²) in [4.78, 5) is 13.7. The lowest BCUT2D eigenvalue weighted by molar-refractivity contribution is 0.101. The van der Waals surface area contributed by atoms with Crippen molar-refractivity contribution in [2.45, 2.75) is 24.7 Å². The lowest BCUT2D eigenvalue weighted by atomic mass is 10.0. The van der Waals surface area contributed by atoms with Gasteiger partial charge in [-0.15, -0.1) is 11.8 Å². The van der Waals surface area contributed by atoms with Gasteiger partial charge in [-0.1, -0.05) is 30.3 Å². The van der Waals surface area contributed by atoms with Gasteiger partial charge in [0.1, 0.15) is 5.75 Å². The zero-order valence-electron chi connectivity index (χ0n) is 12.1. The van der Waals surface area contributed by atoms with Crippen LogP contribution in [-0.4, -0.2) is 18.1 Å². The number of hydrogen-bond donors (Lipinski definition) is 0. The van der Waals surface area contributed by atoms with Gasteiger partial charge in [-0.05, 0) is 43.0 Å². The summed E-state index contributed by atoms with van der Waals surface area (Å²) in [5.41, 5.74) is 3.10. The smallest absolute Gasteiger partial charge is 0.176 e. The highest BCUT2D eigenvalue weighted by Gasteiger charge is 2.19. The van der Waals surface area contributed by atoms with Gasteiger partial charge in [0.15, 0.2) is 5.78 Å². The summed E-state index contributed by atoms with van der Waals surface area (Å²) in [6.07, 6.45) is 2.03. The van der Waals surface area contributed by atoms with Gasteiger partial charge in [0.2, 0.25) is 0 Å². The zero-order valence-corrected chi connectivity index (χ0v) is 12.9. The van der Waals surface area contributed by atoms with Crippen LogP contribution in [0.1, 0.15) is 27.9 Å². The van der Waals surface area contributed by atoms with Crippen LogP contribution >= 0.6 is 11.8 Å². The van der Waals surface area contributed by atoms with Crippen molar-refractivity contribution in [1.29, 1.82) is 0 Å². The van der Waals surface area contributed by atoms with Crippen molar-refractivity contribution in [2.75, 3.05) is 12.4 Å². The van der Waals surface area contributed by atoms with Gasteiger partial charge < -0.3 is 4.74 Å². The Hall–Kier alpha value is -1.74. The number of carbonyl (C=O) groups is 1. The number of para-hydroxylation sites is 1. The highest BCUT2D eigenvalue weighted by molar-refractivity contribution is 8.00. The minimum Gasteiger partial charge on any atom is -0.493 e. The number of thioether (sulfide) groups is 1. The molecule has 0 unspecified atom stereocenters. The standard InChI is InChI=1S/C18H18O2S/c1-13-6-2-3-10-17(13)21-12-16(19)15-9-4-7-14-8-5-11-20-18(14)15/h2-4,6-7,9-10H,5,8,11-12H2,1H3. The van der Waals surface area contributed by atoms with Crippen LogP contribution in [0.3, 0.4) is 0 Å². The first kappa shape index (κ1) is 14.2. The number of carbonyl (C=O) groups excluding carboxylic acids is 1. The van der Waals surface area contributed by atoms with Crippen LogP contribution < -0.4 is 4.74 Å². The molecule has 0 N–H and O–H groups in total. The van der Waals surface area contributed by atoms with Gasteiger partial charge in [0.05, 0.1) is 17.9 Å². The Balaban J connectivity index is 1.76. The molecular formula is C18H18O2S. The van der Waals surface area contributed by atoms with E-state index in [2.05, 4.69) is 25.1 Å².